The van der Waals surface area contributed by atoms with Gasteiger partial charge in [-0.15, -0.1) is 0 Å². The largest absolute Gasteiger partial charge is 0.369 e. The molecule has 3 aromatic rings. The predicted molar refractivity (Wildman–Crippen MR) is 132 cm³/mol. The van der Waals surface area contributed by atoms with Crippen LogP contribution in [0.1, 0.15) is 42.1 Å². The van der Waals surface area contributed by atoms with Gasteiger partial charge in [0.15, 0.2) is 0 Å². The molecule has 0 spiro atoms. The molecule has 32 heavy (non-hydrogen) atoms. The van der Waals surface area contributed by atoms with Crippen molar-refractivity contribution in [1.82, 2.24) is 4.90 Å². The highest BCUT2D eigenvalue weighted by Crippen LogP contribution is 2.28. The summed E-state index contributed by atoms with van der Waals surface area (Å²) in [6, 6.07) is 21.5. The molecule has 1 aliphatic rings. The standard InChI is InChI=1S/C27H28F2INO/c28-24-7-3-22(4-8-24)27(23-5-9-25(29)10-6-23)32-18-15-20-13-16-31(17-14-20)19-21-1-11-26(30)12-2-21/h1-12,20,27H,13-19H2/i30-4. The van der Waals surface area contributed by atoms with Crippen LogP contribution in [0.4, 0.5) is 8.78 Å². The van der Waals surface area contributed by atoms with Gasteiger partial charge in [0.2, 0.25) is 0 Å². The minimum Gasteiger partial charge on any atom is -0.369 e. The Hall–Kier alpha value is -1.83. The van der Waals surface area contributed by atoms with E-state index in [0.717, 1.165) is 37.2 Å². The zero-order chi connectivity index (χ0) is 22.3. The molecule has 0 N–H and O–H groups in total. The van der Waals surface area contributed by atoms with Crippen molar-refractivity contribution < 1.29 is 13.5 Å². The maximum Gasteiger partial charge on any atom is 0.123 e. The monoisotopic (exact) mass is 543 g/mol. The third-order valence-corrected chi connectivity index (χ3v) is 6.90. The number of hydrogen-bond donors (Lipinski definition) is 0. The fraction of sp³-hybridized carbons (Fsp3) is 0.333. The first-order chi connectivity index (χ1) is 15.6. The fourth-order valence-corrected chi connectivity index (χ4v) is 4.65. The molecule has 1 fully saturated rings. The van der Waals surface area contributed by atoms with E-state index in [0.29, 0.717) is 12.5 Å². The quantitative estimate of drug-likeness (QED) is 0.285. The van der Waals surface area contributed by atoms with Crippen LogP contribution in [0.3, 0.4) is 0 Å². The van der Waals surface area contributed by atoms with Gasteiger partial charge in [0.1, 0.15) is 17.7 Å². The molecule has 3 aromatic carbocycles. The molecule has 2 nitrogen and oxygen atoms in total. The SMILES string of the molecule is Fc1ccc(C(OCCC2CCN(Cc3ccc([123I])cc3)CC2)c2ccc(F)cc2)cc1. The summed E-state index contributed by atoms with van der Waals surface area (Å²) >= 11 is 2.34. The van der Waals surface area contributed by atoms with Gasteiger partial charge in [-0.2, -0.15) is 0 Å². The molecule has 5 heteroatoms. The molecule has 0 amide bonds. The van der Waals surface area contributed by atoms with Gasteiger partial charge in [-0.3, -0.25) is 4.90 Å². The van der Waals surface area contributed by atoms with E-state index in [9.17, 15) is 8.78 Å². The first-order valence-electron chi connectivity index (χ1n) is 11.2. The molecule has 0 atom stereocenters. The lowest BCUT2D eigenvalue weighted by molar-refractivity contribution is 0.0595. The second-order valence-corrected chi connectivity index (χ2v) is 9.73. The van der Waals surface area contributed by atoms with E-state index < -0.39 is 0 Å². The Kier molecular flexibility index (Phi) is 8.27. The van der Waals surface area contributed by atoms with Crippen molar-refractivity contribution in [3.05, 3.63) is 105 Å². The number of ether oxygens (including phenoxy) is 1. The van der Waals surface area contributed by atoms with Crippen molar-refractivity contribution in [1.29, 1.82) is 0 Å². The van der Waals surface area contributed by atoms with E-state index in [4.69, 9.17) is 4.74 Å². The van der Waals surface area contributed by atoms with Crippen molar-refractivity contribution in [2.24, 2.45) is 5.92 Å². The summed E-state index contributed by atoms with van der Waals surface area (Å²) in [5.74, 6) is 0.0947. The molecule has 1 heterocycles. The Labute approximate surface area is 202 Å². The van der Waals surface area contributed by atoms with Gasteiger partial charge in [-0.05, 0) is 114 Å². The molecule has 168 valence electrons. The van der Waals surface area contributed by atoms with Gasteiger partial charge in [0.25, 0.3) is 0 Å². The first kappa shape index (κ1) is 23.3. The van der Waals surface area contributed by atoms with Crippen molar-refractivity contribution in [2.45, 2.75) is 31.9 Å². The summed E-state index contributed by atoms with van der Waals surface area (Å²) in [6.45, 7) is 3.85. The van der Waals surface area contributed by atoms with Crippen LogP contribution in [0.2, 0.25) is 0 Å². The molecular formula is C27H28F2INO. The summed E-state index contributed by atoms with van der Waals surface area (Å²) in [5.41, 5.74) is 3.13. The Morgan fingerprint density at radius 1 is 0.812 bits per heavy atom. The van der Waals surface area contributed by atoms with Crippen molar-refractivity contribution in [3.63, 3.8) is 0 Å². The minimum absolute atomic E-state index is 0.274. The lowest BCUT2D eigenvalue weighted by Gasteiger charge is -2.32. The van der Waals surface area contributed by atoms with E-state index in [2.05, 4.69) is 51.8 Å². The van der Waals surface area contributed by atoms with E-state index in [1.807, 2.05) is 0 Å². The average Bonchev–Trinajstić information content (AvgIpc) is 2.81. The summed E-state index contributed by atoms with van der Waals surface area (Å²) in [7, 11) is 0. The summed E-state index contributed by atoms with van der Waals surface area (Å²) in [4.78, 5) is 2.53. The molecule has 1 aliphatic heterocycles. The Bertz CT molecular complexity index is 923. The molecule has 0 saturated carbocycles. The number of halogens is 3. The number of hydrogen-bond acceptors (Lipinski definition) is 2. The van der Waals surface area contributed by atoms with E-state index in [1.165, 1.54) is 46.2 Å². The van der Waals surface area contributed by atoms with Crippen LogP contribution < -0.4 is 0 Å². The number of nitrogens with zero attached hydrogens (tertiary/aromatic N) is 1. The minimum atomic E-state index is -0.322. The zero-order valence-corrected chi connectivity index (χ0v) is 20.2. The number of rotatable bonds is 8. The number of likely N-dealkylation sites (tertiary alicyclic amines) is 1. The van der Waals surface area contributed by atoms with Crippen LogP contribution >= 0.6 is 22.6 Å². The molecule has 0 bridgehead atoms. The van der Waals surface area contributed by atoms with Crippen molar-refractivity contribution in [3.8, 4) is 0 Å². The summed E-state index contributed by atoms with van der Waals surface area (Å²) < 4.78 is 34.3. The average molecular weight is 543 g/mol. The molecule has 0 radical (unpaired) electrons. The highest BCUT2D eigenvalue weighted by atomic mass is 123. The molecule has 0 aliphatic carbocycles. The van der Waals surface area contributed by atoms with E-state index in [-0.39, 0.29) is 17.7 Å². The Morgan fingerprint density at radius 2 is 1.34 bits per heavy atom. The molecular weight excluding hydrogens is 515 g/mol. The second kappa shape index (κ2) is 11.3. The zero-order valence-electron chi connectivity index (χ0n) is 18.0. The van der Waals surface area contributed by atoms with Crippen molar-refractivity contribution >= 4 is 22.6 Å². The van der Waals surface area contributed by atoms with Crippen LogP contribution in [-0.2, 0) is 11.3 Å². The van der Waals surface area contributed by atoms with Gasteiger partial charge >= 0.3 is 0 Å². The summed E-state index contributed by atoms with van der Waals surface area (Å²) in [6.07, 6.45) is 3.02. The Balaban J connectivity index is 1.29. The lowest BCUT2D eigenvalue weighted by atomic mass is 9.93. The Morgan fingerprint density at radius 3 is 1.88 bits per heavy atom. The van der Waals surface area contributed by atoms with Crippen LogP contribution in [0, 0.1) is 21.1 Å². The van der Waals surface area contributed by atoms with Gasteiger partial charge < -0.3 is 4.74 Å². The summed E-state index contributed by atoms with van der Waals surface area (Å²) in [5, 5.41) is 0. The van der Waals surface area contributed by atoms with Crippen molar-refractivity contribution in [2.75, 3.05) is 19.7 Å². The van der Waals surface area contributed by atoms with Gasteiger partial charge in [0.05, 0.1) is 0 Å². The van der Waals surface area contributed by atoms with Gasteiger partial charge in [0, 0.05) is 16.7 Å². The number of piperidine rings is 1. The number of benzene rings is 3. The maximum absolute atomic E-state index is 13.4. The molecule has 0 aromatic heterocycles. The lowest BCUT2D eigenvalue weighted by Crippen LogP contribution is -2.33. The van der Waals surface area contributed by atoms with Crippen LogP contribution in [0.25, 0.3) is 0 Å². The van der Waals surface area contributed by atoms with E-state index >= 15 is 0 Å². The van der Waals surface area contributed by atoms with Gasteiger partial charge in [-0.1, -0.05) is 36.4 Å². The third kappa shape index (κ3) is 6.59. The highest BCUT2D eigenvalue weighted by Gasteiger charge is 2.21. The highest BCUT2D eigenvalue weighted by molar-refractivity contribution is 14.1. The fourth-order valence-electron chi connectivity index (χ4n) is 4.29. The smallest absolute Gasteiger partial charge is 0.123 e. The molecule has 0 unspecified atom stereocenters. The molecule has 4 rings (SSSR count). The van der Waals surface area contributed by atoms with Crippen LogP contribution in [-0.4, -0.2) is 24.6 Å². The molecule has 1 saturated heterocycles. The predicted octanol–water partition coefficient (Wildman–Crippen LogP) is 6.98. The topological polar surface area (TPSA) is 12.5 Å². The third-order valence-electron chi connectivity index (χ3n) is 6.18. The van der Waals surface area contributed by atoms with E-state index in [1.54, 1.807) is 24.3 Å². The van der Waals surface area contributed by atoms with Crippen LogP contribution in [0.5, 0.6) is 0 Å². The second-order valence-electron chi connectivity index (χ2n) is 8.49. The van der Waals surface area contributed by atoms with Crippen LogP contribution in [0.15, 0.2) is 72.8 Å². The van der Waals surface area contributed by atoms with Gasteiger partial charge in [-0.25, -0.2) is 8.78 Å². The maximum atomic E-state index is 13.4. The first-order valence-corrected chi connectivity index (χ1v) is 12.2. The normalized spacial score (nSPS) is 15.4.